The standard InChI is InChI=1S/C22H29N7O4/c1-4-5-9-18-24-22(27-33-18)25-20-19(26-28-29(20)3)16-10-11-17(13(2)23-16)32-15-8-6-7-14(12-15)21(30)31/h10-11,14-15H,4-9,12H2,1-3H3,(H,25,27)(H,30,31)/t14-,15-/m0/s1. The Morgan fingerprint density at radius 1 is 1.33 bits per heavy atom. The summed E-state index contributed by atoms with van der Waals surface area (Å²) in [6.07, 6.45) is 5.54. The molecule has 3 aromatic heterocycles. The van der Waals surface area contributed by atoms with Crippen LogP contribution in [0.25, 0.3) is 11.4 Å². The molecule has 0 spiro atoms. The molecule has 1 aliphatic carbocycles. The second-order valence-electron chi connectivity index (χ2n) is 8.37. The highest BCUT2D eigenvalue weighted by atomic mass is 16.5. The molecule has 176 valence electrons. The largest absolute Gasteiger partial charge is 0.489 e. The van der Waals surface area contributed by atoms with E-state index in [1.165, 1.54) is 0 Å². The number of rotatable bonds is 9. The quantitative estimate of drug-likeness (QED) is 0.491. The Bertz CT molecular complexity index is 1110. The lowest BCUT2D eigenvalue weighted by atomic mass is 9.87. The Hall–Kier alpha value is -3.50. The zero-order valence-corrected chi connectivity index (χ0v) is 19.1. The van der Waals surface area contributed by atoms with E-state index in [0.29, 0.717) is 53.3 Å². The van der Waals surface area contributed by atoms with Crippen molar-refractivity contribution in [2.24, 2.45) is 13.0 Å². The van der Waals surface area contributed by atoms with Crippen molar-refractivity contribution in [1.29, 1.82) is 0 Å². The fraction of sp³-hybridized carbons (Fsp3) is 0.545. The van der Waals surface area contributed by atoms with Gasteiger partial charge in [-0.2, -0.15) is 4.98 Å². The average molecular weight is 456 g/mol. The molecule has 0 saturated heterocycles. The number of aliphatic carboxylic acids is 1. The van der Waals surface area contributed by atoms with Crippen molar-refractivity contribution in [3.8, 4) is 17.1 Å². The van der Waals surface area contributed by atoms with Crippen molar-refractivity contribution in [1.82, 2.24) is 30.1 Å². The molecular formula is C22H29N7O4. The normalized spacial score (nSPS) is 18.3. The van der Waals surface area contributed by atoms with E-state index in [1.54, 1.807) is 11.7 Å². The molecule has 2 atom stereocenters. The fourth-order valence-corrected chi connectivity index (χ4v) is 3.97. The van der Waals surface area contributed by atoms with Gasteiger partial charge in [-0.1, -0.05) is 18.6 Å². The topological polar surface area (TPSA) is 141 Å². The average Bonchev–Trinajstić information content (AvgIpc) is 3.41. The van der Waals surface area contributed by atoms with Crippen molar-refractivity contribution >= 4 is 17.7 Å². The van der Waals surface area contributed by atoms with Crippen molar-refractivity contribution in [3.63, 3.8) is 0 Å². The summed E-state index contributed by atoms with van der Waals surface area (Å²) in [7, 11) is 1.77. The van der Waals surface area contributed by atoms with Gasteiger partial charge in [0.05, 0.1) is 23.4 Å². The van der Waals surface area contributed by atoms with Gasteiger partial charge >= 0.3 is 5.97 Å². The molecule has 4 rings (SSSR count). The number of hydrogen-bond acceptors (Lipinski definition) is 9. The van der Waals surface area contributed by atoms with E-state index >= 15 is 0 Å². The number of carboxylic acids is 1. The van der Waals surface area contributed by atoms with Gasteiger partial charge in [0.15, 0.2) is 11.5 Å². The number of carboxylic acid groups (broad SMARTS) is 1. The number of nitrogens with zero attached hydrogens (tertiary/aromatic N) is 6. The highest BCUT2D eigenvalue weighted by Gasteiger charge is 2.28. The second kappa shape index (κ2) is 9.97. The summed E-state index contributed by atoms with van der Waals surface area (Å²) in [5, 5.41) is 24.8. The van der Waals surface area contributed by atoms with E-state index in [0.717, 1.165) is 32.1 Å². The molecule has 11 heteroatoms. The summed E-state index contributed by atoms with van der Waals surface area (Å²) in [5.74, 6) is 1.06. The monoisotopic (exact) mass is 455 g/mol. The van der Waals surface area contributed by atoms with Crippen molar-refractivity contribution in [3.05, 3.63) is 23.7 Å². The molecule has 2 N–H and O–H groups in total. The summed E-state index contributed by atoms with van der Waals surface area (Å²) in [6, 6.07) is 3.66. The molecule has 0 aromatic carbocycles. The number of anilines is 2. The van der Waals surface area contributed by atoms with Gasteiger partial charge in [-0.25, -0.2) is 9.67 Å². The second-order valence-corrected chi connectivity index (χ2v) is 8.37. The predicted molar refractivity (Wildman–Crippen MR) is 119 cm³/mol. The molecule has 1 fully saturated rings. The first-order valence-corrected chi connectivity index (χ1v) is 11.3. The lowest BCUT2D eigenvalue weighted by molar-refractivity contribution is -0.143. The van der Waals surface area contributed by atoms with Crippen molar-refractivity contribution in [2.45, 2.75) is 64.9 Å². The first kappa shape index (κ1) is 22.7. The van der Waals surface area contributed by atoms with Gasteiger partial charge in [-0.15, -0.1) is 5.10 Å². The minimum atomic E-state index is -0.754. The molecule has 0 amide bonds. The van der Waals surface area contributed by atoms with E-state index in [1.807, 2.05) is 19.1 Å². The summed E-state index contributed by atoms with van der Waals surface area (Å²) >= 11 is 0. The summed E-state index contributed by atoms with van der Waals surface area (Å²) < 4.78 is 13.0. The van der Waals surface area contributed by atoms with Gasteiger partial charge in [0.2, 0.25) is 5.89 Å². The third-order valence-corrected chi connectivity index (χ3v) is 5.82. The Balaban J connectivity index is 1.49. The van der Waals surface area contributed by atoms with Crippen LogP contribution in [0.2, 0.25) is 0 Å². The molecule has 3 aromatic rings. The Morgan fingerprint density at radius 3 is 2.94 bits per heavy atom. The van der Waals surface area contributed by atoms with Crippen LogP contribution in [-0.2, 0) is 18.3 Å². The minimum absolute atomic E-state index is 0.125. The summed E-state index contributed by atoms with van der Waals surface area (Å²) in [5.41, 5.74) is 1.87. The molecule has 0 bridgehead atoms. The van der Waals surface area contributed by atoms with E-state index in [9.17, 15) is 9.90 Å². The van der Waals surface area contributed by atoms with Gasteiger partial charge in [0.25, 0.3) is 5.95 Å². The van der Waals surface area contributed by atoms with Crippen LogP contribution in [0.1, 0.15) is 57.0 Å². The first-order valence-electron chi connectivity index (χ1n) is 11.3. The molecule has 1 aliphatic rings. The number of ether oxygens (including phenoxy) is 1. The molecule has 0 aliphatic heterocycles. The number of pyridine rings is 1. The van der Waals surface area contributed by atoms with Crippen LogP contribution in [-0.4, -0.2) is 47.3 Å². The smallest absolute Gasteiger partial charge is 0.306 e. The van der Waals surface area contributed by atoms with Gasteiger partial charge in [0, 0.05) is 13.5 Å². The summed E-state index contributed by atoms with van der Waals surface area (Å²) in [6.45, 7) is 3.97. The maximum Gasteiger partial charge on any atom is 0.306 e. The number of nitrogens with one attached hydrogen (secondary N) is 1. The minimum Gasteiger partial charge on any atom is -0.489 e. The number of hydrogen-bond donors (Lipinski definition) is 2. The van der Waals surface area contributed by atoms with Gasteiger partial charge < -0.3 is 19.7 Å². The first-order chi connectivity index (χ1) is 15.9. The Morgan fingerprint density at radius 2 is 2.18 bits per heavy atom. The lowest BCUT2D eigenvalue weighted by Crippen LogP contribution is -2.29. The molecule has 11 nitrogen and oxygen atoms in total. The summed E-state index contributed by atoms with van der Waals surface area (Å²) in [4.78, 5) is 20.4. The number of unbranched alkanes of at least 4 members (excludes halogenated alkanes) is 1. The molecular weight excluding hydrogens is 426 g/mol. The van der Waals surface area contributed by atoms with E-state index in [-0.39, 0.29) is 12.0 Å². The SMILES string of the molecule is CCCCc1nc(Nc2c(-c3ccc(O[C@H]4CCC[C@H](C(=O)O)C4)c(C)n3)nnn2C)no1. The Labute approximate surface area is 191 Å². The number of carbonyl (C=O) groups is 1. The lowest BCUT2D eigenvalue weighted by Gasteiger charge is -2.27. The van der Waals surface area contributed by atoms with Crippen molar-refractivity contribution < 1.29 is 19.2 Å². The van der Waals surface area contributed by atoms with Gasteiger partial charge in [-0.05, 0) is 56.3 Å². The number of aromatic nitrogens is 6. The van der Waals surface area contributed by atoms with E-state index in [2.05, 4.69) is 37.7 Å². The van der Waals surface area contributed by atoms with Gasteiger partial charge in [-0.3, -0.25) is 4.79 Å². The van der Waals surface area contributed by atoms with Crippen LogP contribution in [0, 0.1) is 12.8 Å². The fourth-order valence-electron chi connectivity index (χ4n) is 3.97. The van der Waals surface area contributed by atoms with Crippen LogP contribution in [0.4, 0.5) is 11.8 Å². The Kier molecular flexibility index (Phi) is 6.85. The van der Waals surface area contributed by atoms with Crippen LogP contribution < -0.4 is 10.1 Å². The van der Waals surface area contributed by atoms with Crippen LogP contribution in [0.3, 0.4) is 0 Å². The highest BCUT2D eigenvalue weighted by Crippen LogP contribution is 2.31. The maximum atomic E-state index is 11.3. The van der Waals surface area contributed by atoms with Gasteiger partial charge in [0.1, 0.15) is 5.75 Å². The van der Waals surface area contributed by atoms with Crippen molar-refractivity contribution in [2.75, 3.05) is 5.32 Å². The predicted octanol–water partition coefficient (Wildman–Crippen LogP) is 3.68. The third-order valence-electron chi connectivity index (χ3n) is 5.82. The zero-order chi connectivity index (χ0) is 23.4. The van der Waals surface area contributed by atoms with Crippen LogP contribution >= 0.6 is 0 Å². The third kappa shape index (κ3) is 5.29. The molecule has 0 unspecified atom stereocenters. The van der Waals surface area contributed by atoms with Crippen LogP contribution in [0.5, 0.6) is 5.75 Å². The zero-order valence-electron chi connectivity index (χ0n) is 19.1. The highest BCUT2D eigenvalue weighted by molar-refractivity contribution is 5.71. The number of aryl methyl sites for hydroxylation is 3. The molecule has 0 radical (unpaired) electrons. The van der Waals surface area contributed by atoms with Crippen LogP contribution in [0.15, 0.2) is 16.7 Å². The molecule has 3 heterocycles. The molecule has 1 saturated carbocycles. The van der Waals surface area contributed by atoms with E-state index in [4.69, 9.17) is 9.26 Å². The maximum absolute atomic E-state index is 11.3. The van der Waals surface area contributed by atoms with E-state index < -0.39 is 5.97 Å². The molecule has 33 heavy (non-hydrogen) atoms.